The number of anilines is 1. The molecule has 1 atom stereocenters. The predicted molar refractivity (Wildman–Crippen MR) is 89.5 cm³/mol. The molecule has 0 bridgehead atoms. The topological polar surface area (TPSA) is 39.7 Å². The van der Waals surface area contributed by atoms with Gasteiger partial charge >= 0.3 is 0 Å². The van der Waals surface area contributed by atoms with Gasteiger partial charge in [-0.1, -0.05) is 12.1 Å². The number of hydrogen-bond donors (Lipinski definition) is 2. The fourth-order valence-corrected chi connectivity index (χ4v) is 3.01. The van der Waals surface area contributed by atoms with Crippen molar-refractivity contribution in [3.05, 3.63) is 28.7 Å². The van der Waals surface area contributed by atoms with Crippen LogP contribution in [0.2, 0.25) is 0 Å². The van der Waals surface area contributed by atoms with Crippen LogP contribution in [0.1, 0.15) is 20.3 Å². The second-order valence-corrected chi connectivity index (χ2v) is 5.73. The Bertz CT molecular complexity index is 461. The number of aliphatic imine (C=N–C) groups is 1. The summed E-state index contributed by atoms with van der Waals surface area (Å²) in [6.45, 7) is 7.93. The molecular weight excluding hydrogens is 316 g/mol. The van der Waals surface area contributed by atoms with Crippen LogP contribution in [0.25, 0.3) is 0 Å². The molecule has 4 nitrogen and oxygen atoms in total. The predicted octanol–water partition coefficient (Wildman–Crippen LogP) is 2.60. The van der Waals surface area contributed by atoms with Crippen LogP contribution in [-0.4, -0.2) is 38.2 Å². The molecule has 2 N–H and O–H groups in total. The fraction of sp³-hybridized carbons (Fsp3) is 0.533. The van der Waals surface area contributed by atoms with E-state index in [0.29, 0.717) is 6.04 Å². The number of benzene rings is 1. The van der Waals surface area contributed by atoms with Crippen LogP contribution >= 0.6 is 15.9 Å². The van der Waals surface area contributed by atoms with Crippen LogP contribution in [0, 0.1) is 0 Å². The van der Waals surface area contributed by atoms with Gasteiger partial charge in [0.1, 0.15) is 0 Å². The molecule has 0 spiro atoms. The Labute approximate surface area is 129 Å². The van der Waals surface area contributed by atoms with Crippen LogP contribution in [0.4, 0.5) is 5.69 Å². The van der Waals surface area contributed by atoms with Crippen molar-refractivity contribution in [3.63, 3.8) is 0 Å². The van der Waals surface area contributed by atoms with E-state index in [1.165, 1.54) is 5.69 Å². The summed E-state index contributed by atoms with van der Waals surface area (Å²) >= 11 is 3.63. The Morgan fingerprint density at radius 1 is 1.40 bits per heavy atom. The molecule has 1 aromatic rings. The molecule has 2 rings (SSSR count). The van der Waals surface area contributed by atoms with Gasteiger partial charge in [-0.25, -0.2) is 0 Å². The van der Waals surface area contributed by atoms with E-state index in [9.17, 15) is 0 Å². The summed E-state index contributed by atoms with van der Waals surface area (Å²) < 4.78 is 1.16. The van der Waals surface area contributed by atoms with Gasteiger partial charge in [-0.05, 0) is 48.3 Å². The van der Waals surface area contributed by atoms with Crippen molar-refractivity contribution in [2.24, 2.45) is 4.99 Å². The Morgan fingerprint density at radius 3 is 2.90 bits per heavy atom. The van der Waals surface area contributed by atoms with Gasteiger partial charge in [0.2, 0.25) is 0 Å². The summed E-state index contributed by atoms with van der Waals surface area (Å²) in [5.74, 6) is 0.925. The molecule has 1 unspecified atom stereocenters. The lowest BCUT2D eigenvalue weighted by Crippen LogP contribution is -2.44. The largest absolute Gasteiger partial charge is 0.368 e. The molecule has 1 saturated heterocycles. The molecule has 0 aromatic heterocycles. The molecule has 0 radical (unpaired) electrons. The van der Waals surface area contributed by atoms with Crippen molar-refractivity contribution in [2.75, 3.05) is 31.1 Å². The number of halogens is 1. The van der Waals surface area contributed by atoms with Crippen LogP contribution in [0.5, 0.6) is 0 Å². The summed E-state index contributed by atoms with van der Waals surface area (Å²) in [5, 5.41) is 6.81. The lowest BCUT2D eigenvalue weighted by molar-refractivity contribution is 0.650. The van der Waals surface area contributed by atoms with Crippen LogP contribution in [0.15, 0.2) is 33.7 Å². The maximum absolute atomic E-state index is 4.46. The third kappa shape index (κ3) is 3.88. The lowest BCUT2D eigenvalue weighted by Gasteiger charge is -2.21. The Hall–Kier alpha value is -1.23. The Kier molecular flexibility index (Phi) is 5.71. The number of guanidine groups is 1. The second kappa shape index (κ2) is 7.53. The summed E-state index contributed by atoms with van der Waals surface area (Å²) in [6.07, 6.45) is 1.13. The summed E-state index contributed by atoms with van der Waals surface area (Å²) in [7, 11) is 0. The maximum Gasteiger partial charge on any atom is 0.191 e. The molecular formula is C15H23BrN4. The minimum Gasteiger partial charge on any atom is -0.368 e. The van der Waals surface area contributed by atoms with E-state index in [4.69, 9.17) is 0 Å². The van der Waals surface area contributed by atoms with Crippen molar-refractivity contribution in [1.82, 2.24) is 10.6 Å². The van der Waals surface area contributed by atoms with Crippen molar-refractivity contribution >= 4 is 27.6 Å². The zero-order chi connectivity index (χ0) is 14.4. The highest BCUT2D eigenvalue weighted by Gasteiger charge is 2.24. The van der Waals surface area contributed by atoms with E-state index >= 15 is 0 Å². The lowest BCUT2D eigenvalue weighted by atomic mass is 10.3. The van der Waals surface area contributed by atoms with Gasteiger partial charge < -0.3 is 15.5 Å². The van der Waals surface area contributed by atoms with Crippen LogP contribution < -0.4 is 15.5 Å². The third-order valence-electron chi connectivity index (χ3n) is 3.38. The summed E-state index contributed by atoms with van der Waals surface area (Å²) in [4.78, 5) is 6.87. The smallest absolute Gasteiger partial charge is 0.191 e. The molecule has 20 heavy (non-hydrogen) atoms. The highest BCUT2D eigenvalue weighted by Crippen LogP contribution is 2.28. The average Bonchev–Trinajstić information content (AvgIpc) is 2.88. The minimum absolute atomic E-state index is 0.450. The van der Waals surface area contributed by atoms with Gasteiger partial charge in [0.25, 0.3) is 0 Å². The van der Waals surface area contributed by atoms with Crippen molar-refractivity contribution < 1.29 is 0 Å². The van der Waals surface area contributed by atoms with Gasteiger partial charge in [0.05, 0.1) is 5.69 Å². The number of nitrogens with zero attached hydrogens (tertiary/aromatic N) is 2. The number of para-hydroxylation sites is 1. The first-order valence-corrected chi connectivity index (χ1v) is 8.08. The molecule has 0 aliphatic carbocycles. The number of hydrogen-bond acceptors (Lipinski definition) is 2. The third-order valence-corrected chi connectivity index (χ3v) is 4.05. The molecule has 0 saturated carbocycles. The van der Waals surface area contributed by atoms with Gasteiger partial charge in [0, 0.05) is 36.7 Å². The normalized spacial score (nSPS) is 19.2. The van der Waals surface area contributed by atoms with Crippen LogP contribution in [-0.2, 0) is 0 Å². The average molecular weight is 339 g/mol. The Balaban J connectivity index is 1.95. The zero-order valence-electron chi connectivity index (χ0n) is 12.2. The van der Waals surface area contributed by atoms with E-state index in [1.807, 2.05) is 0 Å². The first-order chi connectivity index (χ1) is 9.74. The molecule has 1 aliphatic rings. The molecule has 5 heteroatoms. The SMILES string of the molecule is CCN=C(NCC)NC1CCN(c2ccccc2Br)C1. The fourth-order valence-electron chi connectivity index (χ4n) is 2.48. The van der Waals surface area contributed by atoms with Gasteiger partial charge in [-0.15, -0.1) is 0 Å². The van der Waals surface area contributed by atoms with Crippen LogP contribution in [0.3, 0.4) is 0 Å². The zero-order valence-corrected chi connectivity index (χ0v) is 13.8. The van der Waals surface area contributed by atoms with Gasteiger partial charge in [0.15, 0.2) is 5.96 Å². The maximum atomic E-state index is 4.46. The standard InChI is InChI=1S/C15H23BrN4/c1-3-17-15(18-4-2)19-12-9-10-20(11-12)14-8-6-5-7-13(14)16/h5-8,12H,3-4,9-11H2,1-2H3,(H2,17,18,19). The summed E-state index contributed by atoms with van der Waals surface area (Å²) in [6, 6.07) is 8.85. The quantitative estimate of drug-likeness (QED) is 0.654. The highest BCUT2D eigenvalue weighted by atomic mass is 79.9. The number of nitrogens with one attached hydrogen (secondary N) is 2. The Morgan fingerprint density at radius 2 is 2.20 bits per heavy atom. The first-order valence-electron chi connectivity index (χ1n) is 7.29. The summed E-state index contributed by atoms with van der Waals surface area (Å²) in [5.41, 5.74) is 1.27. The van der Waals surface area contributed by atoms with Crippen molar-refractivity contribution in [1.29, 1.82) is 0 Å². The van der Waals surface area contributed by atoms with E-state index in [-0.39, 0.29) is 0 Å². The van der Waals surface area contributed by atoms with E-state index in [0.717, 1.165) is 43.0 Å². The molecule has 1 aliphatic heterocycles. The molecule has 1 fully saturated rings. The molecule has 110 valence electrons. The van der Waals surface area contributed by atoms with E-state index in [2.05, 4.69) is 74.6 Å². The number of rotatable bonds is 4. The van der Waals surface area contributed by atoms with E-state index in [1.54, 1.807) is 0 Å². The molecule has 1 aromatic carbocycles. The van der Waals surface area contributed by atoms with E-state index < -0.39 is 0 Å². The monoisotopic (exact) mass is 338 g/mol. The molecule has 0 amide bonds. The second-order valence-electron chi connectivity index (χ2n) is 4.88. The first kappa shape index (κ1) is 15.2. The van der Waals surface area contributed by atoms with Crippen molar-refractivity contribution in [3.8, 4) is 0 Å². The van der Waals surface area contributed by atoms with Gasteiger partial charge in [-0.3, -0.25) is 4.99 Å². The minimum atomic E-state index is 0.450. The van der Waals surface area contributed by atoms with Crippen molar-refractivity contribution in [2.45, 2.75) is 26.3 Å². The highest BCUT2D eigenvalue weighted by molar-refractivity contribution is 9.10. The van der Waals surface area contributed by atoms with Gasteiger partial charge in [-0.2, -0.15) is 0 Å². The molecule has 1 heterocycles.